The topological polar surface area (TPSA) is 56.0 Å². The van der Waals surface area contributed by atoms with E-state index in [9.17, 15) is 9.50 Å². The number of nitriles is 1. The van der Waals surface area contributed by atoms with Gasteiger partial charge in [0, 0.05) is 16.6 Å². The first-order valence-electron chi connectivity index (χ1n) is 6.87. The molecule has 0 spiro atoms. The quantitative estimate of drug-likeness (QED) is 0.883. The molecule has 2 aromatic carbocycles. The van der Waals surface area contributed by atoms with Crippen molar-refractivity contribution in [1.82, 2.24) is 5.32 Å². The fraction of sp³-hybridized carbons (Fsp3) is 0.235. The molecule has 3 nitrogen and oxygen atoms in total. The first-order valence-corrected chi connectivity index (χ1v) is 7.25. The molecular formula is C17H16ClFN2O. The summed E-state index contributed by atoms with van der Waals surface area (Å²) in [5, 5.41) is 22.1. The van der Waals surface area contributed by atoms with Crippen LogP contribution >= 0.6 is 11.6 Å². The van der Waals surface area contributed by atoms with E-state index in [4.69, 9.17) is 16.9 Å². The zero-order chi connectivity index (χ0) is 16.1. The highest BCUT2D eigenvalue weighted by Crippen LogP contribution is 2.23. The largest absolute Gasteiger partial charge is 0.394 e. The van der Waals surface area contributed by atoms with Gasteiger partial charge in [0.1, 0.15) is 5.82 Å². The van der Waals surface area contributed by atoms with Crippen molar-refractivity contribution in [2.45, 2.75) is 19.0 Å². The van der Waals surface area contributed by atoms with Gasteiger partial charge in [-0.15, -0.1) is 0 Å². The number of nitrogens with zero attached hydrogens (tertiary/aromatic N) is 1. The summed E-state index contributed by atoms with van der Waals surface area (Å²) in [7, 11) is 0. The van der Waals surface area contributed by atoms with E-state index in [1.807, 2.05) is 25.1 Å². The van der Waals surface area contributed by atoms with E-state index in [1.54, 1.807) is 24.3 Å². The van der Waals surface area contributed by atoms with Crippen molar-refractivity contribution in [3.63, 3.8) is 0 Å². The maximum atomic E-state index is 14.0. The number of aliphatic hydroxyl groups is 1. The van der Waals surface area contributed by atoms with Crippen LogP contribution in [-0.4, -0.2) is 11.7 Å². The fourth-order valence-corrected chi connectivity index (χ4v) is 2.41. The van der Waals surface area contributed by atoms with Crippen LogP contribution in [0.4, 0.5) is 4.39 Å². The smallest absolute Gasteiger partial charge is 0.129 e. The fourth-order valence-electron chi connectivity index (χ4n) is 2.29. The van der Waals surface area contributed by atoms with Crippen molar-refractivity contribution >= 4 is 11.6 Å². The second-order valence-corrected chi connectivity index (χ2v) is 5.46. The molecule has 114 valence electrons. The Labute approximate surface area is 134 Å². The molecule has 22 heavy (non-hydrogen) atoms. The summed E-state index contributed by atoms with van der Waals surface area (Å²) in [4.78, 5) is 0. The predicted molar refractivity (Wildman–Crippen MR) is 83.9 cm³/mol. The Morgan fingerprint density at radius 1 is 1.27 bits per heavy atom. The molecule has 0 saturated heterocycles. The van der Waals surface area contributed by atoms with Crippen LogP contribution in [0.2, 0.25) is 5.02 Å². The summed E-state index contributed by atoms with van der Waals surface area (Å²) >= 11 is 5.85. The summed E-state index contributed by atoms with van der Waals surface area (Å²) in [5.41, 5.74) is 1.60. The molecule has 0 aliphatic rings. The summed E-state index contributed by atoms with van der Waals surface area (Å²) in [6.07, 6.45) is 0. The number of benzene rings is 2. The Bertz CT molecular complexity index is 682. The molecule has 0 heterocycles. The van der Waals surface area contributed by atoms with Gasteiger partial charge in [-0.1, -0.05) is 29.8 Å². The molecule has 0 aliphatic carbocycles. The van der Waals surface area contributed by atoms with Gasteiger partial charge in [-0.05, 0) is 36.8 Å². The highest BCUT2D eigenvalue weighted by Gasteiger charge is 2.17. The lowest BCUT2D eigenvalue weighted by atomic mass is 10.0. The maximum Gasteiger partial charge on any atom is 0.129 e. The number of rotatable bonds is 5. The summed E-state index contributed by atoms with van der Waals surface area (Å²) in [5.74, 6) is -0.438. The molecule has 0 radical (unpaired) electrons. The number of hydrogen-bond acceptors (Lipinski definition) is 3. The van der Waals surface area contributed by atoms with Crippen molar-refractivity contribution in [2.75, 3.05) is 6.61 Å². The third-order valence-corrected chi connectivity index (χ3v) is 3.75. The van der Waals surface area contributed by atoms with Gasteiger partial charge in [0.25, 0.3) is 0 Å². The molecule has 2 N–H and O–H groups in total. The second kappa shape index (κ2) is 7.37. The zero-order valence-electron chi connectivity index (χ0n) is 12.1. The van der Waals surface area contributed by atoms with Gasteiger partial charge in [0.15, 0.2) is 0 Å². The van der Waals surface area contributed by atoms with Crippen LogP contribution < -0.4 is 5.32 Å². The van der Waals surface area contributed by atoms with E-state index >= 15 is 0 Å². The van der Waals surface area contributed by atoms with Gasteiger partial charge in [0.2, 0.25) is 0 Å². The standard InChI is InChI=1S/C17H16ClFN2O/c1-11(15-7-2-12(9-20)8-16(15)19)21-17(10-22)13-3-5-14(18)6-4-13/h2-8,11,17,21-22H,10H2,1H3. The van der Waals surface area contributed by atoms with Crippen LogP contribution in [0.25, 0.3) is 0 Å². The van der Waals surface area contributed by atoms with Crippen molar-refractivity contribution in [3.05, 3.63) is 70.0 Å². The molecule has 2 atom stereocenters. The first kappa shape index (κ1) is 16.4. The van der Waals surface area contributed by atoms with Crippen LogP contribution in [-0.2, 0) is 0 Å². The van der Waals surface area contributed by atoms with Crippen LogP contribution in [0.5, 0.6) is 0 Å². The lowest BCUT2D eigenvalue weighted by Crippen LogP contribution is -2.27. The molecule has 0 aromatic heterocycles. The monoisotopic (exact) mass is 318 g/mol. The van der Waals surface area contributed by atoms with E-state index in [-0.39, 0.29) is 24.3 Å². The van der Waals surface area contributed by atoms with Crippen molar-refractivity contribution < 1.29 is 9.50 Å². The van der Waals surface area contributed by atoms with E-state index in [0.29, 0.717) is 10.6 Å². The Kier molecular flexibility index (Phi) is 5.51. The van der Waals surface area contributed by atoms with Crippen LogP contribution in [0.3, 0.4) is 0 Å². The molecule has 2 aromatic rings. The predicted octanol–water partition coefficient (Wildman–Crippen LogP) is 3.73. The second-order valence-electron chi connectivity index (χ2n) is 5.02. The number of hydrogen-bond donors (Lipinski definition) is 2. The van der Waals surface area contributed by atoms with Crippen molar-refractivity contribution in [1.29, 1.82) is 5.26 Å². The molecule has 0 bridgehead atoms. The van der Waals surface area contributed by atoms with Crippen LogP contribution in [0.15, 0.2) is 42.5 Å². The third-order valence-electron chi connectivity index (χ3n) is 3.50. The molecule has 5 heteroatoms. The maximum absolute atomic E-state index is 14.0. The van der Waals surface area contributed by atoms with E-state index in [1.165, 1.54) is 6.07 Å². The molecule has 0 saturated carbocycles. The zero-order valence-corrected chi connectivity index (χ0v) is 12.8. The molecule has 2 unspecified atom stereocenters. The lowest BCUT2D eigenvalue weighted by Gasteiger charge is -2.23. The Hall–Kier alpha value is -1.93. The minimum Gasteiger partial charge on any atom is -0.394 e. The van der Waals surface area contributed by atoms with E-state index in [0.717, 1.165) is 5.56 Å². The summed E-state index contributed by atoms with van der Waals surface area (Å²) < 4.78 is 14.0. The molecule has 0 fully saturated rings. The number of halogens is 2. The number of nitrogens with one attached hydrogen (secondary N) is 1. The molecule has 0 amide bonds. The summed E-state index contributed by atoms with van der Waals surface area (Å²) in [6.45, 7) is 1.69. The van der Waals surface area contributed by atoms with Gasteiger partial charge in [-0.2, -0.15) is 5.26 Å². The highest BCUT2D eigenvalue weighted by atomic mass is 35.5. The average Bonchev–Trinajstić information content (AvgIpc) is 2.53. The minimum atomic E-state index is -0.438. The highest BCUT2D eigenvalue weighted by molar-refractivity contribution is 6.30. The SMILES string of the molecule is CC(NC(CO)c1ccc(Cl)cc1)c1ccc(C#N)cc1F. The number of aliphatic hydroxyl groups excluding tert-OH is 1. The van der Waals surface area contributed by atoms with Crippen molar-refractivity contribution in [3.8, 4) is 6.07 Å². The normalized spacial score (nSPS) is 13.4. The Morgan fingerprint density at radius 3 is 2.50 bits per heavy atom. The third kappa shape index (κ3) is 3.83. The molecule has 0 aliphatic heterocycles. The average molecular weight is 319 g/mol. The van der Waals surface area contributed by atoms with Gasteiger partial charge in [-0.3, -0.25) is 0 Å². The van der Waals surface area contributed by atoms with Gasteiger partial charge >= 0.3 is 0 Å². The molecular weight excluding hydrogens is 303 g/mol. The van der Waals surface area contributed by atoms with Gasteiger partial charge in [-0.25, -0.2) is 4.39 Å². The Morgan fingerprint density at radius 2 is 1.95 bits per heavy atom. The van der Waals surface area contributed by atoms with E-state index < -0.39 is 5.82 Å². The summed E-state index contributed by atoms with van der Waals surface area (Å²) in [6, 6.07) is 12.8. The van der Waals surface area contributed by atoms with Gasteiger partial charge < -0.3 is 10.4 Å². The minimum absolute atomic E-state index is 0.121. The van der Waals surface area contributed by atoms with Gasteiger partial charge in [0.05, 0.1) is 24.3 Å². The van der Waals surface area contributed by atoms with Crippen molar-refractivity contribution in [2.24, 2.45) is 0 Å². The lowest BCUT2D eigenvalue weighted by molar-refractivity contribution is 0.234. The molecule has 2 rings (SSSR count). The van der Waals surface area contributed by atoms with Crippen LogP contribution in [0, 0.1) is 17.1 Å². The van der Waals surface area contributed by atoms with E-state index in [2.05, 4.69) is 5.32 Å². The first-order chi connectivity index (χ1) is 10.5. The van der Waals surface area contributed by atoms with Crippen LogP contribution in [0.1, 0.15) is 35.7 Å². The Balaban J connectivity index is 2.17.